The minimum atomic E-state index is -0.691. The van der Waals surface area contributed by atoms with Gasteiger partial charge in [0.05, 0.1) is 13.2 Å². The fourth-order valence-electron chi connectivity index (χ4n) is 2.39. The number of para-hydroxylation sites is 2. The van der Waals surface area contributed by atoms with Gasteiger partial charge in [0.2, 0.25) is 0 Å². The van der Waals surface area contributed by atoms with E-state index in [2.05, 4.69) is 11.8 Å². The van der Waals surface area contributed by atoms with Gasteiger partial charge in [-0.2, -0.15) is 0 Å². The second-order valence-corrected chi connectivity index (χ2v) is 5.80. The molecule has 5 heteroatoms. The van der Waals surface area contributed by atoms with E-state index < -0.39 is 6.16 Å². The second kappa shape index (κ2) is 11.9. The van der Waals surface area contributed by atoms with Crippen LogP contribution in [0.25, 0.3) is 0 Å². The summed E-state index contributed by atoms with van der Waals surface area (Å²) < 4.78 is 16.0. The van der Waals surface area contributed by atoms with Crippen LogP contribution in [-0.4, -0.2) is 39.1 Å². The maximum Gasteiger partial charge on any atom is 0.513 e. The molecule has 140 valence electrons. The van der Waals surface area contributed by atoms with E-state index in [0.29, 0.717) is 18.9 Å². The summed E-state index contributed by atoms with van der Waals surface area (Å²) in [5.74, 6) is 0.474. The van der Waals surface area contributed by atoms with E-state index in [0.717, 1.165) is 31.7 Å². The Morgan fingerprint density at radius 1 is 0.885 bits per heavy atom. The molecule has 2 aromatic carbocycles. The number of hydrogen-bond donors (Lipinski definition) is 0. The first kappa shape index (κ1) is 19.8. The van der Waals surface area contributed by atoms with Crippen LogP contribution < -0.4 is 9.64 Å². The summed E-state index contributed by atoms with van der Waals surface area (Å²) in [5, 5.41) is 0. The molecule has 0 aliphatic heterocycles. The number of nitrogens with zero attached hydrogens (tertiary/aromatic N) is 1. The van der Waals surface area contributed by atoms with Crippen molar-refractivity contribution in [3.63, 3.8) is 0 Å². The van der Waals surface area contributed by atoms with Crippen LogP contribution in [0.2, 0.25) is 0 Å². The van der Waals surface area contributed by atoms with Gasteiger partial charge >= 0.3 is 6.16 Å². The van der Waals surface area contributed by atoms with Crippen molar-refractivity contribution in [3.05, 3.63) is 60.7 Å². The molecule has 0 atom stereocenters. The van der Waals surface area contributed by atoms with E-state index in [9.17, 15) is 4.79 Å². The number of benzene rings is 2. The van der Waals surface area contributed by atoms with Gasteiger partial charge in [-0.1, -0.05) is 49.7 Å². The number of unbranched alkanes of at least 4 members (excludes halogenated alkanes) is 1. The number of anilines is 1. The van der Waals surface area contributed by atoms with Gasteiger partial charge in [0.15, 0.2) is 0 Å². The average molecular weight is 357 g/mol. The van der Waals surface area contributed by atoms with Crippen molar-refractivity contribution in [2.75, 3.05) is 37.8 Å². The zero-order chi connectivity index (χ0) is 18.5. The summed E-state index contributed by atoms with van der Waals surface area (Å²) >= 11 is 0. The number of rotatable bonds is 11. The van der Waals surface area contributed by atoms with E-state index in [-0.39, 0.29) is 6.61 Å². The summed E-state index contributed by atoms with van der Waals surface area (Å²) in [5.41, 5.74) is 1.08. The monoisotopic (exact) mass is 357 g/mol. The third-order valence-electron chi connectivity index (χ3n) is 3.79. The van der Waals surface area contributed by atoms with Crippen LogP contribution in [0.1, 0.15) is 19.8 Å². The SMILES string of the molecule is CCCCOCCN(CCOC(=O)Oc1ccccc1)c1ccccc1. The highest BCUT2D eigenvalue weighted by Crippen LogP contribution is 2.13. The van der Waals surface area contributed by atoms with E-state index in [1.807, 2.05) is 36.4 Å². The number of carbonyl (C=O) groups is 1. The molecule has 0 fully saturated rings. The topological polar surface area (TPSA) is 48.0 Å². The van der Waals surface area contributed by atoms with Crippen LogP contribution in [0, 0.1) is 0 Å². The first-order valence-corrected chi connectivity index (χ1v) is 9.07. The van der Waals surface area contributed by atoms with Crippen molar-refractivity contribution >= 4 is 11.8 Å². The maximum absolute atomic E-state index is 11.8. The van der Waals surface area contributed by atoms with Crippen molar-refractivity contribution < 1.29 is 19.0 Å². The zero-order valence-corrected chi connectivity index (χ0v) is 15.3. The average Bonchev–Trinajstić information content (AvgIpc) is 2.68. The van der Waals surface area contributed by atoms with Crippen LogP contribution in [0.3, 0.4) is 0 Å². The predicted octanol–water partition coefficient (Wildman–Crippen LogP) is 4.53. The highest BCUT2D eigenvalue weighted by molar-refractivity contribution is 5.63. The summed E-state index contributed by atoms with van der Waals surface area (Å²) in [7, 11) is 0. The van der Waals surface area contributed by atoms with Gasteiger partial charge in [-0.3, -0.25) is 0 Å². The molecule has 0 saturated carbocycles. The Balaban J connectivity index is 1.77. The second-order valence-electron chi connectivity index (χ2n) is 5.80. The molecule has 0 amide bonds. The molecule has 0 N–H and O–H groups in total. The lowest BCUT2D eigenvalue weighted by molar-refractivity contribution is 0.100. The third-order valence-corrected chi connectivity index (χ3v) is 3.79. The van der Waals surface area contributed by atoms with Gasteiger partial charge in [0, 0.05) is 18.8 Å². The molecular formula is C21H27NO4. The van der Waals surface area contributed by atoms with Crippen LogP contribution in [0.15, 0.2) is 60.7 Å². The van der Waals surface area contributed by atoms with Crippen LogP contribution >= 0.6 is 0 Å². The summed E-state index contributed by atoms with van der Waals surface area (Å²) in [6, 6.07) is 18.9. The van der Waals surface area contributed by atoms with Gasteiger partial charge in [-0.15, -0.1) is 0 Å². The lowest BCUT2D eigenvalue weighted by Gasteiger charge is -2.24. The van der Waals surface area contributed by atoms with Gasteiger partial charge in [0.1, 0.15) is 12.4 Å². The Kier molecular flexibility index (Phi) is 9.08. The standard InChI is InChI=1S/C21H27NO4/c1-2-3-16-24-17-14-22(19-10-6-4-7-11-19)15-18-25-21(23)26-20-12-8-5-9-13-20/h4-13H,2-3,14-18H2,1H3. The minimum Gasteiger partial charge on any atom is -0.432 e. The van der Waals surface area contributed by atoms with E-state index in [1.165, 1.54) is 0 Å². The van der Waals surface area contributed by atoms with E-state index >= 15 is 0 Å². The van der Waals surface area contributed by atoms with E-state index in [4.69, 9.17) is 14.2 Å². The maximum atomic E-state index is 11.8. The normalized spacial score (nSPS) is 10.3. The molecule has 0 radical (unpaired) electrons. The molecular weight excluding hydrogens is 330 g/mol. The van der Waals surface area contributed by atoms with Gasteiger partial charge in [-0.05, 0) is 30.7 Å². The van der Waals surface area contributed by atoms with Crippen molar-refractivity contribution in [2.24, 2.45) is 0 Å². The molecule has 5 nitrogen and oxygen atoms in total. The molecule has 0 bridgehead atoms. The Morgan fingerprint density at radius 2 is 1.54 bits per heavy atom. The smallest absolute Gasteiger partial charge is 0.432 e. The summed E-state index contributed by atoms with van der Waals surface area (Å²) in [6.45, 7) is 5.12. The van der Waals surface area contributed by atoms with Crippen LogP contribution in [0.5, 0.6) is 5.75 Å². The Hall–Kier alpha value is -2.53. The summed E-state index contributed by atoms with van der Waals surface area (Å²) in [6.07, 6.45) is 1.50. The molecule has 0 aromatic heterocycles. The zero-order valence-electron chi connectivity index (χ0n) is 15.3. The van der Waals surface area contributed by atoms with Gasteiger partial charge in [-0.25, -0.2) is 4.79 Å². The first-order chi connectivity index (χ1) is 12.8. The molecule has 2 rings (SSSR count). The first-order valence-electron chi connectivity index (χ1n) is 9.07. The van der Waals surface area contributed by atoms with Crippen LogP contribution in [0.4, 0.5) is 10.5 Å². The molecule has 0 unspecified atom stereocenters. The van der Waals surface area contributed by atoms with Gasteiger partial charge < -0.3 is 19.1 Å². The number of hydrogen-bond acceptors (Lipinski definition) is 5. The Labute approximate surface area is 155 Å². The molecule has 0 aliphatic carbocycles. The lowest BCUT2D eigenvalue weighted by atomic mass is 10.3. The molecule has 0 spiro atoms. The highest BCUT2D eigenvalue weighted by atomic mass is 16.7. The van der Waals surface area contributed by atoms with Crippen molar-refractivity contribution in [2.45, 2.75) is 19.8 Å². The fourth-order valence-corrected chi connectivity index (χ4v) is 2.39. The van der Waals surface area contributed by atoms with Crippen molar-refractivity contribution in [1.82, 2.24) is 0 Å². The number of ether oxygens (including phenoxy) is 3. The molecule has 2 aromatic rings. The van der Waals surface area contributed by atoms with Crippen LogP contribution in [-0.2, 0) is 9.47 Å². The summed E-state index contributed by atoms with van der Waals surface area (Å²) in [4.78, 5) is 13.9. The molecule has 0 heterocycles. The van der Waals surface area contributed by atoms with Crippen molar-refractivity contribution in [3.8, 4) is 5.75 Å². The molecule has 0 saturated heterocycles. The third kappa shape index (κ3) is 7.57. The van der Waals surface area contributed by atoms with Crippen molar-refractivity contribution in [1.29, 1.82) is 0 Å². The van der Waals surface area contributed by atoms with Gasteiger partial charge in [0.25, 0.3) is 0 Å². The quantitative estimate of drug-likeness (QED) is 0.336. The Bertz CT molecular complexity index is 618. The lowest BCUT2D eigenvalue weighted by Crippen LogP contribution is -2.32. The van der Waals surface area contributed by atoms with E-state index in [1.54, 1.807) is 24.3 Å². The largest absolute Gasteiger partial charge is 0.513 e. The molecule has 0 aliphatic rings. The highest BCUT2D eigenvalue weighted by Gasteiger charge is 2.10. The minimum absolute atomic E-state index is 0.246. The molecule has 26 heavy (non-hydrogen) atoms. The predicted molar refractivity (Wildman–Crippen MR) is 103 cm³/mol. The Morgan fingerprint density at radius 3 is 2.23 bits per heavy atom. The number of carbonyl (C=O) groups excluding carboxylic acids is 1. The fraction of sp³-hybridized carbons (Fsp3) is 0.381.